The fraction of sp³-hybridized carbons (Fsp3) is 0.500. The van der Waals surface area contributed by atoms with E-state index in [0.29, 0.717) is 11.3 Å². The lowest BCUT2D eigenvalue weighted by molar-refractivity contribution is 0.667. The average Bonchev–Trinajstić information content (AvgIpc) is 3.04. The van der Waals surface area contributed by atoms with Crippen molar-refractivity contribution in [3.05, 3.63) is 47.0 Å². The summed E-state index contributed by atoms with van der Waals surface area (Å²) >= 11 is 0. The van der Waals surface area contributed by atoms with E-state index < -0.39 is 0 Å². The van der Waals surface area contributed by atoms with Crippen LogP contribution in [0.3, 0.4) is 0 Å². The van der Waals surface area contributed by atoms with Gasteiger partial charge in [-0.2, -0.15) is 0 Å². The molecule has 0 radical (unpaired) electrons. The van der Waals surface area contributed by atoms with Crippen LogP contribution < -0.4 is 0 Å². The van der Waals surface area contributed by atoms with Crippen LogP contribution in [0.5, 0.6) is 0 Å². The highest BCUT2D eigenvalue weighted by Gasteiger charge is 2.49. The summed E-state index contributed by atoms with van der Waals surface area (Å²) in [7, 11) is 0. The van der Waals surface area contributed by atoms with Crippen molar-refractivity contribution in [3.8, 4) is 0 Å². The number of allylic oxidation sites excluding steroid dienone is 2. The Balaban J connectivity index is 2.07. The minimum atomic E-state index is 0.471. The van der Waals surface area contributed by atoms with Gasteiger partial charge in [0.15, 0.2) is 0 Å². The molecule has 0 aromatic heterocycles. The highest BCUT2D eigenvalue weighted by Crippen LogP contribution is 2.58. The van der Waals surface area contributed by atoms with Gasteiger partial charge in [0.25, 0.3) is 0 Å². The normalized spacial score (nSPS) is 23.8. The number of benzene rings is 1. The second-order valence-electron chi connectivity index (χ2n) is 5.68. The summed E-state index contributed by atoms with van der Waals surface area (Å²) in [6, 6.07) is 9.07. The SMILES string of the molecule is CC(C)/C=C1/CCc2ccccc2C12CC2. The van der Waals surface area contributed by atoms with E-state index >= 15 is 0 Å². The van der Waals surface area contributed by atoms with Crippen LogP contribution in [0.2, 0.25) is 0 Å². The van der Waals surface area contributed by atoms with Crippen LogP contribution in [-0.4, -0.2) is 0 Å². The molecule has 0 aliphatic heterocycles. The van der Waals surface area contributed by atoms with Gasteiger partial charge in [-0.25, -0.2) is 0 Å². The Morgan fingerprint density at radius 2 is 1.88 bits per heavy atom. The monoisotopic (exact) mass is 212 g/mol. The fourth-order valence-electron chi connectivity index (χ4n) is 3.25. The molecule has 1 fully saturated rings. The Morgan fingerprint density at radius 3 is 2.56 bits per heavy atom. The molecule has 1 spiro atoms. The Bertz CT molecular complexity index is 433. The van der Waals surface area contributed by atoms with Crippen molar-refractivity contribution in [1.29, 1.82) is 0 Å². The number of aryl methyl sites for hydroxylation is 1. The minimum Gasteiger partial charge on any atom is -0.0819 e. The van der Waals surface area contributed by atoms with Gasteiger partial charge in [-0.3, -0.25) is 0 Å². The van der Waals surface area contributed by atoms with Crippen molar-refractivity contribution >= 4 is 0 Å². The summed E-state index contributed by atoms with van der Waals surface area (Å²) < 4.78 is 0. The third-order valence-electron chi connectivity index (χ3n) is 4.10. The van der Waals surface area contributed by atoms with Gasteiger partial charge in [-0.15, -0.1) is 0 Å². The molecule has 0 amide bonds. The Kier molecular flexibility index (Phi) is 2.20. The number of hydrogen-bond donors (Lipinski definition) is 0. The summed E-state index contributed by atoms with van der Waals surface area (Å²) in [5.41, 5.74) is 5.43. The van der Waals surface area contributed by atoms with Gasteiger partial charge in [0, 0.05) is 5.41 Å². The summed E-state index contributed by atoms with van der Waals surface area (Å²) in [6.45, 7) is 4.59. The van der Waals surface area contributed by atoms with Crippen LogP contribution in [0.25, 0.3) is 0 Å². The summed E-state index contributed by atoms with van der Waals surface area (Å²) in [6.07, 6.45) is 7.81. The van der Waals surface area contributed by atoms with E-state index in [2.05, 4.69) is 44.2 Å². The van der Waals surface area contributed by atoms with Crippen molar-refractivity contribution in [2.45, 2.75) is 44.9 Å². The molecule has 2 aliphatic rings. The van der Waals surface area contributed by atoms with E-state index in [4.69, 9.17) is 0 Å². The molecule has 0 bridgehead atoms. The molecule has 84 valence electrons. The smallest absolute Gasteiger partial charge is 0.0165 e. The molecule has 1 aromatic carbocycles. The van der Waals surface area contributed by atoms with Crippen LogP contribution in [0.1, 0.15) is 44.2 Å². The van der Waals surface area contributed by atoms with Crippen molar-refractivity contribution in [1.82, 2.24) is 0 Å². The van der Waals surface area contributed by atoms with Crippen LogP contribution in [0.4, 0.5) is 0 Å². The van der Waals surface area contributed by atoms with Gasteiger partial charge in [0.05, 0.1) is 0 Å². The molecule has 0 saturated heterocycles. The zero-order chi connectivity index (χ0) is 11.2. The van der Waals surface area contributed by atoms with Crippen molar-refractivity contribution < 1.29 is 0 Å². The van der Waals surface area contributed by atoms with Crippen LogP contribution in [-0.2, 0) is 11.8 Å². The number of fused-ring (bicyclic) bond motifs is 2. The maximum atomic E-state index is 2.52. The lowest BCUT2D eigenvalue weighted by Gasteiger charge is -2.29. The molecule has 1 aromatic rings. The largest absolute Gasteiger partial charge is 0.0819 e. The number of rotatable bonds is 1. The molecule has 0 heteroatoms. The van der Waals surface area contributed by atoms with Gasteiger partial charge < -0.3 is 0 Å². The first-order valence-electron chi connectivity index (χ1n) is 6.52. The van der Waals surface area contributed by atoms with E-state index in [1.165, 1.54) is 25.7 Å². The first-order valence-corrected chi connectivity index (χ1v) is 6.52. The molecule has 16 heavy (non-hydrogen) atoms. The standard InChI is InChI=1S/C16H20/c1-12(2)11-14-8-7-13-5-3-4-6-15(13)16(14)9-10-16/h3-6,11-12H,7-10H2,1-2H3/b14-11-. The zero-order valence-corrected chi connectivity index (χ0v) is 10.3. The molecular weight excluding hydrogens is 192 g/mol. The van der Waals surface area contributed by atoms with Crippen molar-refractivity contribution in [2.75, 3.05) is 0 Å². The molecule has 0 unspecified atom stereocenters. The van der Waals surface area contributed by atoms with Crippen LogP contribution in [0.15, 0.2) is 35.9 Å². The van der Waals surface area contributed by atoms with Crippen molar-refractivity contribution in [2.24, 2.45) is 5.92 Å². The first kappa shape index (κ1) is 10.1. The summed E-state index contributed by atoms with van der Waals surface area (Å²) in [5, 5.41) is 0. The van der Waals surface area contributed by atoms with Gasteiger partial charge in [0.2, 0.25) is 0 Å². The average molecular weight is 212 g/mol. The first-order chi connectivity index (χ1) is 7.72. The summed E-state index contributed by atoms with van der Waals surface area (Å²) in [4.78, 5) is 0. The molecular formula is C16H20. The third kappa shape index (κ3) is 1.43. The zero-order valence-electron chi connectivity index (χ0n) is 10.3. The van der Waals surface area contributed by atoms with Gasteiger partial charge in [0.1, 0.15) is 0 Å². The molecule has 0 N–H and O–H groups in total. The second kappa shape index (κ2) is 3.48. The Hall–Kier alpha value is -1.04. The van der Waals surface area contributed by atoms with E-state index in [1.54, 1.807) is 16.7 Å². The van der Waals surface area contributed by atoms with E-state index in [-0.39, 0.29) is 0 Å². The lowest BCUT2D eigenvalue weighted by Crippen LogP contribution is -2.19. The highest BCUT2D eigenvalue weighted by atomic mass is 14.5. The number of hydrogen-bond acceptors (Lipinski definition) is 0. The molecule has 0 atom stereocenters. The van der Waals surface area contributed by atoms with Crippen molar-refractivity contribution in [3.63, 3.8) is 0 Å². The topological polar surface area (TPSA) is 0 Å². The fourth-order valence-corrected chi connectivity index (χ4v) is 3.25. The highest BCUT2D eigenvalue weighted by molar-refractivity contribution is 5.50. The van der Waals surface area contributed by atoms with Gasteiger partial charge >= 0.3 is 0 Å². The molecule has 0 nitrogen and oxygen atoms in total. The second-order valence-corrected chi connectivity index (χ2v) is 5.68. The van der Waals surface area contributed by atoms with Crippen LogP contribution >= 0.6 is 0 Å². The molecule has 2 aliphatic carbocycles. The predicted octanol–water partition coefficient (Wildman–Crippen LogP) is 4.25. The molecule has 0 heterocycles. The maximum Gasteiger partial charge on any atom is 0.0165 e. The minimum absolute atomic E-state index is 0.471. The Labute approximate surface area is 98.4 Å². The van der Waals surface area contributed by atoms with Gasteiger partial charge in [-0.1, -0.05) is 49.8 Å². The Morgan fingerprint density at radius 1 is 1.12 bits per heavy atom. The van der Waals surface area contributed by atoms with Crippen LogP contribution in [0, 0.1) is 5.92 Å². The lowest BCUT2D eigenvalue weighted by atomic mass is 9.75. The quantitative estimate of drug-likeness (QED) is 0.611. The predicted molar refractivity (Wildman–Crippen MR) is 68.6 cm³/mol. The van der Waals surface area contributed by atoms with E-state index in [0.717, 1.165) is 0 Å². The van der Waals surface area contributed by atoms with E-state index in [9.17, 15) is 0 Å². The van der Waals surface area contributed by atoms with Gasteiger partial charge in [-0.05, 0) is 42.7 Å². The third-order valence-corrected chi connectivity index (χ3v) is 4.10. The maximum absolute atomic E-state index is 2.52. The summed E-state index contributed by atoms with van der Waals surface area (Å²) in [5.74, 6) is 0.692. The molecule has 1 saturated carbocycles. The van der Waals surface area contributed by atoms with E-state index in [1.807, 2.05) is 0 Å². The molecule has 3 rings (SSSR count).